The molecule has 0 heterocycles. The molecule has 0 aliphatic rings. The van der Waals surface area contributed by atoms with Crippen LogP contribution in [-0.4, -0.2) is 22.6 Å². The lowest BCUT2D eigenvalue weighted by atomic mass is 10.1. The lowest BCUT2D eigenvalue weighted by Crippen LogP contribution is -2.26. The summed E-state index contributed by atoms with van der Waals surface area (Å²) in [4.78, 5) is 30.8. The lowest BCUT2D eigenvalue weighted by Gasteiger charge is -1.96. The van der Waals surface area contributed by atoms with Crippen LogP contribution >= 0.6 is 0 Å². The number of aliphatic carboxylic acids is 1. The Hall–Kier alpha value is -1.19. The topological polar surface area (TPSA) is 71.4 Å². The van der Waals surface area contributed by atoms with Gasteiger partial charge in [0.15, 0.2) is 0 Å². The number of carbonyl (C=O) groups excluding carboxylic acids is 2. The van der Waals surface area contributed by atoms with Crippen molar-refractivity contribution in [1.82, 2.24) is 0 Å². The maximum absolute atomic E-state index is 10.6. The highest BCUT2D eigenvalue weighted by Gasteiger charge is 2.23. The van der Waals surface area contributed by atoms with Crippen LogP contribution in [0.4, 0.5) is 0 Å². The second kappa shape index (κ2) is 3.10. The monoisotopic (exact) mass is 144 g/mol. The van der Waals surface area contributed by atoms with Crippen molar-refractivity contribution in [2.45, 2.75) is 13.8 Å². The first-order valence-corrected chi connectivity index (χ1v) is 2.78. The minimum Gasteiger partial charge on any atom is -0.475 e. The molecule has 0 fully saturated rings. The summed E-state index contributed by atoms with van der Waals surface area (Å²) in [5, 5.41) is 8.03. The summed E-state index contributed by atoms with van der Waals surface area (Å²) in [6.45, 7) is 2.95. The highest BCUT2D eigenvalue weighted by molar-refractivity contribution is 6.61. The molecular weight excluding hydrogens is 136 g/mol. The molecule has 4 nitrogen and oxygen atoms in total. The summed E-state index contributed by atoms with van der Waals surface area (Å²) in [6.07, 6.45) is 0. The van der Waals surface area contributed by atoms with E-state index in [4.69, 9.17) is 5.11 Å². The molecule has 0 aliphatic heterocycles. The predicted octanol–water partition coefficient (Wildman–Crippen LogP) is -0.135. The largest absolute Gasteiger partial charge is 0.475 e. The minimum atomic E-state index is -1.68. The number of hydrogen-bond donors (Lipinski definition) is 1. The fourth-order valence-electron chi connectivity index (χ4n) is 0.368. The van der Waals surface area contributed by atoms with Crippen molar-refractivity contribution in [1.29, 1.82) is 0 Å². The Balaban J connectivity index is 4.24. The number of rotatable bonds is 3. The molecule has 56 valence electrons. The summed E-state index contributed by atoms with van der Waals surface area (Å²) in [5.41, 5.74) is 0. The average molecular weight is 144 g/mol. The Labute approximate surface area is 57.8 Å². The summed E-state index contributed by atoms with van der Waals surface area (Å²) in [5.74, 6) is -4.41. The molecule has 0 aromatic rings. The number of carboxylic acid groups (broad SMARTS) is 1. The molecule has 0 aliphatic carbocycles. The molecule has 0 amide bonds. The van der Waals surface area contributed by atoms with E-state index in [-0.39, 0.29) is 0 Å². The Kier molecular flexibility index (Phi) is 2.73. The van der Waals surface area contributed by atoms with Gasteiger partial charge in [-0.05, 0) is 0 Å². The average Bonchev–Trinajstić information content (AvgIpc) is 1.84. The first kappa shape index (κ1) is 8.81. The van der Waals surface area contributed by atoms with Gasteiger partial charge in [0.25, 0.3) is 0 Å². The highest BCUT2D eigenvalue weighted by Crippen LogP contribution is 1.94. The minimum absolute atomic E-state index is 0.538. The van der Waals surface area contributed by atoms with Gasteiger partial charge in [-0.15, -0.1) is 0 Å². The number of carboxylic acids is 1. The van der Waals surface area contributed by atoms with E-state index in [1.54, 1.807) is 0 Å². The normalized spacial score (nSPS) is 9.50. The van der Waals surface area contributed by atoms with Crippen molar-refractivity contribution in [3.05, 3.63) is 0 Å². The van der Waals surface area contributed by atoms with E-state index in [0.717, 1.165) is 0 Å². The zero-order chi connectivity index (χ0) is 8.31. The van der Waals surface area contributed by atoms with Crippen LogP contribution in [0, 0.1) is 5.92 Å². The molecule has 0 aromatic heterocycles. The van der Waals surface area contributed by atoms with E-state index < -0.39 is 23.5 Å². The molecule has 10 heavy (non-hydrogen) atoms. The van der Waals surface area contributed by atoms with Crippen LogP contribution < -0.4 is 0 Å². The van der Waals surface area contributed by atoms with Gasteiger partial charge in [0.05, 0.1) is 0 Å². The van der Waals surface area contributed by atoms with E-state index in [0.29, 0.717) is 0 Å². The zero-order valence-corrected chi connectivity index (χ0v) is 5.75. The van der Waals surface area contributed by atoms with Gasteiger partial charge in [-0.25, -0.2) is 4.79 Å². The summed E-state index contributed by atoms with van der Waals surface area (Å²) in [6, 6.07) is 0. The van der Waals surface area contributed by atoms with Crippen molar-refractivity contribution in [2.75, 3.05) is 0 Å². The molecule has 1 N–H and O–H groups in total. The summed E-state index contributed by atoms with van der Waals surface area (Å²) >= 11 is 0. The maximum atomic E-state index is 10.6. The first-order chi connectivity index (χ1) is 4.46. The molecule has 0 spiro atoms. The molecule has 0 atom stereocenters. The molecule has 0 aromatic carbocycles. The second-order valence-electron chi connectivity index (χ2n) is 2.15. The lowest BCUT2D eigenvalue weighted by molar-refractivity contribution is -0.153. The Morgan fingerprint density at radius 3 is 1.70 bits per heavy atom. The van der Waals surface area contributed by atoms with Gasteiger partial charge in [-0.3, -0.25) is 9.59 Å². The van der Waals surface area contributed by atoms with Gasteiger partial charge in [0.1, 0.15) is 0 Å². The third-order valence-corrected chi connectivity index (χ3v) is 0.942. The van der Waals surface area contributed by atoms with Crippen molar-refractivity contribution >= 4 is 17.5 Å². The Morgan fingerprint density at radius 2 is 1.60 bits per heavy atom. The Morgan fingerprint density at radius 1 is 1.20 bits per heavy atom. The van der Waals surface area contributed by atoms with Crippen molar-refractivity contribution in [3.63, 3.8) is 0 Å². The van der Waals surface area contributed by atoms with Crippen molar-refractivity contribution in [3.8, 4) is 0 Å². The van der Waals surface area contributed by atoms with E-state index in [9.17, 15) is 14.4 Å². The van der Waals surface area contributed by atoms with E-state index in [1.807, 2.05) is 0 Å². The number of ketones is 2. The van der Waals surface area contributed by atoms with Crippen LogP contribution in [0.2, 0.25) is 0 Å². The molecule has 0 saturated heterocycles. The van der Waals surface area contributed by atoms with E-state index in [1.165, 1.54) is 13.8 Å². The third-order valence-electron chi connectivity index (χ3n) is 0.942. The molecule has 0 bridgehead atoms. The standard InChI is InChI=1S/C6H8O4/c1-3(2)4(7)5(8)6(9)10/h3H,1-2H3,(H,9,10). The van der Waals surface area contributed by atoms with E-state index in [2.05, 4.69) is 0 Å². The molecule has 0 radical (unpaired) electrons. The smallest absolute Gasteiger partial charge is 0.380 e. The fourth-order valence-corrected chi connectivity index (χ4v) is 0.368. The van der Waals surface area contributed by atoms with Crippen LogP contribution in [0.25, 0.3) is 0 Å². The first-order valence-electron chi connectivity index (χ1n) is 2.78. The highest BCUT2D eigenvalue weighted by atomic mass is 16.4. The van der Waals surface area contributed by atoms with Gasteiger partial charge in [-0.1, -0.05) is 13.8 Å². The molecule has 4 heteroatoms. The van der Waals surface area contributed by atoms with Crippen LogP contribution in [0.15, 0.2) is 0 Å². The molecule has 0 rings (SSSR count). The summed E-state index contributed by atoms with van der Waals surface area (Å²) in [7, 11) is 0. The fraction of sp³-hybridized carbons (Fsp3) is 0.500. The quantitative estimate of drug-likeness (QED) is 0.442. The zero-order valence-electron chi connectivity index (χ0n) is 5.75. The van der Waals surface area contributed by atoms with Gasteiger partial charge in [0, 0.05) is 5.92 Å². The van der Waals surface area contributed by atoms with Crippen molar-refractivity contribution in [2.24, 2.45) is 5.92 Å². The van der Waals surface area contributed by atoms with Gasteiger partial charge < -0.3 is 5.11 Å². The third kappa shape index (κ3) is 1.97. The number of Topliss-reactive ketones (excluding diaryl/α,β-unsaturated/α-hetero) is 2. The Bertz CT molecular complexity index is 180. The molecular formula is C6H8O4. The number of carbonyl (C=O) groups is 3. The van der Waals surface area contributed by atoms with Crippen molar-refractivity contribution < 1.29 is 19.5 Å². The van der Waals surface area contributed by atoms with Crippen LogP contribution in [0.3, 0.4) is 0 Å². The maximum Gasteiger partial charge on any atom is 0.380 e. The van der Waals surface area contributed by atoms with Crippen LogP contribution in [0.1, 0.15) is 13.8 Å². The van der Waals surface area contributed by atoms with Gasteiger partial charge in [0.2, 0.25) is 5.78 Å². The molecule has 0 saturated carbocycles. The van der Waals surface area contributed by atoms with Crippen LogP contribution in [-0.2, 0) is 14.4 Å². The van der Waals surface area contributed by atoms with E-state index >= 15 is 0 Å². The summed E-state index contributed by atoms with van der Waals surface area (Å²) < 4.78 is 0. The second-order valence-corrected chi connectivity index (χ2v) is 2.15. The molecule has 0 unspecified atom stereocenters. The van der Waals surface area contributed by atoms with Gasteiger partial charge in [-0.2, -0.15) is 0 Å². The van der Waals surface area contributed by atoms with Crippen LogP contribution in [0.5, 0.6) is 0 Å². The van der Waals surface area contributed by atoms with Gasteiger partial charge >= 0.3 is 11.8 Å². The number of hydrogen-bond acceptors (Lipinski definition) is 3. The SMILES string of the molecule is CC(C)C(=O)C(=O)C(=O)O. The predicted molar refractivity (Wildman–Crippen MR) is 32.5 cm³/mol.